The van der Waals surface area contributed by atoms with E-state index >= 15 is 0 Å². The van der Waals surface area contributed by atoms with Gasteiger partial charge in [0.15, 0.2) is 0 Å². The number of aromatic nitrogens is 3. The van der Waals surface area contributed by atoms with Gasteiger partial charge in [-0.3, -0.25) is 4.68 Å². The molecule has 0 fully saturated rings. The fourth-order valence-electron chi connectivity index (χ4n) is 3.53. The van der Waals surface area contributed by atoms with Crippen molar-refractivity contribution in [3.05, 3.63) is 94.6 Å². The van der Waals surface area contributed by atoms with Crippen molar-refractivity contribution < 1.29 is 9.53 Å². The van der Waals surface area contributed by atoms with Crippen LogP contribution in [0.1, 0.15) is 38.4 Å². The monoisotopic (exact) mass is 384 g/mol. The maximum Gasteiger partial charge on any atom is 0.342 e. The van der Waals surface area contributed by atoms with Crippen molar-refractivity contribution >= 4 is 11.5 Å². The summed E-state index contributed by atoms with van der Waals surface area (Å²) in [5.41, 5.74) is 4.97. The number of carbonyl (C=O) groups is 1. The summed E-state index contributed by atoms with van der Waals surface area (Å²) < 4.78 is 9.23. The SMILES string of the molecule is Cc1nn(Cc2ccccc2)c(C)c1C(=O)OCc1cn2ccccc2c1C#N. The molecule has 6 nitrogen and oxygen atoms in total. The van der Waals surface area contributed by atoms with Gasteiger partial charge in [-0.25, -0.2) is 4.79 Å². The molecule has 4 aromatic rings. The first kappa shape index (κ1) is 18.5. The number of esters is 1. The second-order valence-electron chi connectivity index (χ2n) is 6.90. The quantitative estimate of drug-likeness (QED) is 0.487. The third kappa shape index (κ3) is 3.50. The van der Waals surface area contributed by atoms with E-state index < -0.39 is 5.97 Å². The van der Waals surface area contributed by atoms with Gasteiger partial charge in [-0.05, 0) is 31.5 Å². The Morgan fingerprint density at radius 3 is 2.66 bits per heavy atom. The van der Waals surface area contributed by atoms with Crippen molar-refractivity contribution in [3.8, 4) is 6.07 Å². The molecule has 0 aliphatic carbocycles. The summed E-state index contributed by atoms with van der Waals surface area (Å²) in [5.74, 6) is -0.432. The molecular weight excluding hydrogens is 364 g/mol. The lowest BCUT2D eigenvalue weighted by molar-refractivity contribution is 0.0470. The minimum absolute atomic E-state index is 0.0339. The van der Waals surface area contributed by atoms with Crippen molar-refractivity contribution in [1.29, 1.82) is 5.26 Å². The third-order valence-electron chi connectivity index (χ3n) is 4.99. The lowest BCUT2D eigenvalue weighted by Crippen LogP contribution is -2.09. The molecule has 0 saturated carbocycles. The van der Waals surface area contributed by atoms with Gasteiger partial charge in [0, 0.05) is 18.0 Å². The molecule has 3 aromatic heterocycles. The summed E-state index contributed by atoms with van der Waals surface area (Å²) in [4.78, 5) is 12.8. The Balaban J connectivity index is 1.54. The van der Waals surface area contributed by atoms with Crippen LogP contribution >= 0.6 is 0 Å². The Bertz CT molecular complexity index is 1230. The average Bonchev–Trinajstić information content (AvgIpc) is 3.23. The van der Waals surface area contributed by atoms with Gasteiger partial charge in [0.25, 0.3) is 0 Å². The number of hydrogen-bond donors (Lipinski definition) is 0. The van der Waals surface area contributed by atoms with Crippen LogP contribution in [0.25, 0.3) is 5.52 Å². The molecule has 144 valence electrons. The van der Waals surface area contributed by atoms with E-state index in [1.54, 1.807) is 6.92 Å². The van der Waals surface area contributed by atoms with E-state index in [-0.39, 0.29) is 6.61 Å². The van der Waals surface area contributed by atoms with E-state index in [0.29, 0.717) is 28.9 Å². The van der Waals surface area contributed by atoms with Crippen molar-refractivity contribution in [2.24, 2.45) is 0 Å². The Morgan fingerprint density at radius 1 is 1.14 bits per heavy atom. The first-order valence-corrected chi connectivity index (χ1v) is 9.32. The van der Waals surface area contributed by atoms with Gasteiger partial charge in [0.1, 0.15) is 18.2 Å². The molecule has 0 aliphatic heterocycles. The number of nitriles is 1. The number of aryl methyl sites for hydroxylation is 1. The van der Waals surface area contributed by atoms with Crippen LogP contribution in [-0.2, 0) is 17.9 Å². The average molecular weight is 384 g/mol. The van der Waals surface area contributed by atoms with E-state index in [4.69, 9.17) is 4.74 Å². The Labute approximate surface area is 168 Å². The zero-order valence-corrected chi connectivity index (χ0v) is 16.3. The number of carbonyl (C=O) groups excluding carboxylic acids is 1. The summed E-state index contributed by atoms with van der Waals surface area (Å²) in [6.07, 6.45) is 3.68. The van der Waals surface area contributed by atoms with Gasteiger partial charge in [-0.1, -0.05) is 36.4 Å². The molecular formula is C23H20N4O2. The summed E-state index contributed by atoms with van der Waals surface area (Å²) >= 11 is 0. The largest absolute Gasteiger partial charge is 0.457 e. The number of pyridine rings is 1. The van der Waals surface area contributed by atoms with Crippen LogP contribution in [0.3, 0.4) is 0 Å². The van der Waals surface area contributed by atoms with E-state index in [9.17, 15) is 10.1 Å². The van der Waals surface area contributed by atoms with Crippen LogP contribution in [0.5, 0.6) is 0 Å². The zero-order valence-electron chi connectivity index (χ0n) is 16.3. The molecule has 0 saturated heterocycles. The lowest BCUT2D eigenvalue weighted by atomic mass is 10.2. The number of fused-ring (bicyclic) bond motifs is 1. The van der Waals surface area contributed by atoms with Gasteiger partial charge >= 0.3 is 5.97 Å². The van der Waals surface area contributed by atoms with Crippen LogP contribution in [0.4, 0.5) is 0 Å². The topological polar surface area (TPSA) is 72.3 Å². The van der Waals surface area contributed by atoms with Gasteiger partial charge < -0.3 is 9.14 Å². The number of rotatable bonds is 5. The summed E-state index contributed by atoms with van der Waals surface area (Å²) in [5, 5.41) is 14.0. The molecule has 29 heavy (non-hydrogen) atoms. The van der Waals surface area contributed by atoms with Crippen molar-refractivity contribution in [2.45, 2.75) is 27.0 Å². The first-order valence-electron chi connectivity index (χ1n) is 9.32. The summed E-state index contributed by atoms with van der Waals surface area (Å²) in [6.45, 7) is 4.29. The van der Waals surface area contributed by atoms with E-state index in [2.05, 4.69) is 11.2 Å². The van der Waals surface area contributed by atoms with E-state index in [1.165, 1.54) is 0 Å². The second-order valence-corrected chi connectivity index (χ2v) is 6.90. The van der Waals surface area contributed by atoms with Gasteiger partial charge in [0.05, 0.1) is 29.0 Å². The third-order valence-corrected chi connectivity index (χ3v) is 4.99. The van der Waals surface area contributed by atoms with Gasteiger partial charge in [-0.15, -0.1) is 0 Å². The molecule has 0 bridgehead atoms. The molecule has 4 rings (SSSR count). The van der Waals surface area contributed by atoms with Crippen molar-refractivity contribution in [2.75, 3.05) is 0 Å². The molecule has 0 N–H and O–H groups in total. The molecule has 0 amide bonds. The van der Waals surface area contributed by atoms with Gasteiger partial charge in [-0.2, -0.15) is 10.4 Å². The Kier molecular flexibility index (Phi) is 4.88. The highest BCUT2D eigenvalue weighted by Crippen LogP contribution is 2.21. The highest BCUT2D eigenvalue weighted by molar-refractivity contribution is 5.91. The summed E-state index contributed by atoms with van der Waals surface area (Å²) in [7, 11) is 0. The predicted molar refractivity (Wildman–Crippen MR) is 108 cm³/mol. The maximum atomic E-state index is 12.8. The molecule has 6 heteroatoms. The number of ether oxygens (including phenoxy) is 1. The minimum Gasteiger partial charge on any atom is -0.457 e. The highest BCUT2D eigenvalue weighted by atomic mass is 16.5. The molecule has 0 radical (unpaired) electrons. The molecule has 3 heterocycles. The number of hydrogen-bond acceptors (Lipinski definition) is 4. The molecule has 0 atom stereocenters. The van der Waals surface area contributed by atoms with Crippen molar-refractivity contribution in [1.82, 2.24) is 14.2 Å². The van der Waals surface area contributed by atoms with Crippen LogP contribution in [-0.4, -0.2) is 20.2 Å². The second kappa shape index (κ2) is 7.64. The summed E-state index contributed by atoms with van der Waals surface area (Å²) in [6, 6.07) is 17.8. The predicted octanol–water partition coefficient (Wildman–Crippen LogP) is 4.03. The zero-order chi connectivity index (χ0) is 20.4. The van der Waals surface area contributed by atoms with E-state index in [0.717, 1.165) is 16.8 Å². The standard InChI is InChI=1S/C23H20N4O2/c1-16-22(17(2)27(25-16)13-18-8-4-3-5-9-18)23(28)29-15-19-14-26-11-7-6-10-21(26)20(19)12-24/h3-11,14H,13,15H2,1-2H3. The van der Waals surface area contributed by atoms with Crippen molar-refractivity contribution in [3.63, 3.8) is 0 Å². The highest BCUT2D eigenvalue weighted by Gasteiger charge is 2.21. The minimum atomic E-state index is -0.432. The molecule has 0 unspecified atom stereocenters. The van der Waals surface area contributed by atoms with Crippen LogP contribution in [0.15, 0.2) is 60.9 Å². The normalized spacial score (nSPS) is 10.8. The molecule has 1 aromatic carbocycles. The lowest BCUT2D eigenvalue weighted by Gasteiger charge is -2.06. The Morgan fingerprint density at radius 2 is 1.90 bits per heavy atom. The van der Waals surface area contributed by atoms with Crippen LogP contribution in [0.2, 0.25) is 0 Å². The van der Waals surface area contributed by atoms with Crippen LogP contribution in [0, 0.1) is 25.2 Å². The van der Waals surface area contributed by atoms with E-state index in [1.807, 2.05) is 76.9 Å². The van der Waals surface area contributed by atoms with Gasteiger partial charge in [0.2, 0.25) is 0 Å². The molecule has 0 aliphatic rings. The van der Waals surface area contributed by atoms with Crippen LogP contribution < -0.4 is 0 Å². The fraction of sp³-hybridized carbons (Fsp3) is 0.174. The fourth-order valence-corrected chi connectivity index (χ4v) is 3.53. The molecule has 0 spiro atoms. The Hall–Kier alpha value is -3.85. The number of nitrogens with zero attached hydrogens (tertiary/aromatic N) is 4. The number of benzene rings is 1. The first-order chi connectivity index (χ1) is 14.1. The smallest absolute Gasteiger partial charge is 0.342 e. The maximum absolute atomic E-state index is 12.8.